The first-order chi connectivity index (χ1) is 16.9. The van der Waals surface area contributed by atoms with Gasteiger partial charge in [0.1, 0.15) is 5.58 Å². The van der Waals surface area contributed by atoms with E-state index in [1.165, 1.54) is 18.1 Å². The van der Waals surface area contributed by atoms with Crippen LogP contribution in [0.25, 0.3) is 22.1 Å². The van der Waals surface area contributed by atoms with Crippen LogP contribution in [-0.4, -0.2) is 11.8 Å². The zero-order chi connectivity index (χ0) is 24.5. The normalized spacial score (nSPS) is 13.0. The van der Waals surface area contributed by atoms with E-state index >= 15 is 0 Å². The third kappa shape index (κ3) is 4.77. The Balaban J connectivity index is 1.39. The van der Waals surface area contributed by atoms with Crippen molar-refractivity contribution in [3.8, 4) is 11.1 Å². The summed E-state index contributed by atoms with van der Waals surface area (Å²) in [5.41, 5.74) is 10.1. The molecule has 1 atom stereocenters. The van der Waals surface area contributed by atoms with E-state index in [0.717, 1.165) is 41.3 Å². The summed E-state index contributed by atoms with van der Waals surface area (Å²) in [5.74, 6) is 0.446. The first kappa shape index (κ1) is 23.1. The lowest BCUT2D eigenvalue weighted by Crippen LogP contribution is -2.24. The number of rotatable bonds is 8. The van der Waals surface area contributed by atoms with Gasteiger partial charge >= 0.3 is 5.97 Å². The predicted molar refractivity (Wildman–Crippen MR) is 136 cm³/mol. The van der Waals surface area contributed by atoms with Crippen LogP contribution >= 0.6 is 0 Å². The number of carbonyl (C=O) groups excluding carboxylic acids is 2. The summed E-state index contributed by atoms with van der Waals surface area (Å²) in [6, 6.07) is 21.7. The quantitative estimate of drug-likeness (QED) is 0.201. The Bertz CT molecular complexity index is 1380. The fourth-order valence-corrected chi connectivity index (χ4v) is 4.77. The average molecular weight is 468 g/mol. The summed E-state index contributed by atoms with van der Waals surface area (Å²) in [6.07, 6.45) is 2.64. The van der Waals surface area contributed by atoms with Crippen LogP contribution in [0.2, 0.25) is 0 Å². The van der Waals surface area contributed by atoms with Gasteiger partial charge in [-0.3, -0.25) is 9.59 Å². The molecule has 0 fully saturated rings. The van der Waals surface area contributed by atoms with Crippen molar-refractivity contribution in [3.05, 3.63) is 94.7 Å². The van der Waals surface area contributed by atoms with Crippen LogP contribution in [0, 0.1) is 5.92 Å². The second kappa shape index (κ2) is 9.51. The van der Waals surface area contributed by atoms with Gasteiger partial charge < -0.3 is 9.25 Å². The minimum atomic E-state index is -0.352. The molecule has 5 heteroatoms. The molecule has 178 valence electrons. The average Bonchev–Trinajstić information content (AvgIpc) is 3.43. The molecule has 35 heavy (non-hydrogen) atoms. The van der Waals surface area contributed by atoms with Crippen molar-refractivity contribution < 1.29 is 18.8 Å². The molecule has 3 aromatic carbocycles. The van der Waals surface area contributed by atoms with Crippen LogP contribution in [0.4, 0.5) is 0 Å². The SMILES string of the molecule is CC(=O)ONC(CCC(C)C)c1ccc2c(c1)Cc1cc(C(=O)c3cc4ccccc4o3)ccc1-2. The van der Waals surface area contributed by atoms with Gasteiger partial charge in [-0.1, -0.05) is 62.4 Å². The Morgan fingerprint density at radius 3 is 2.43 bits per heavy atom. The molecule has 0 aliphatic heterocycles. The second-order valence-electron chi connectivity index (χ2n) is 9.68. The maximum atomic E-state index is 13.1. The van der Waals surface area contributed by atoms with E-state index in [4.69, 9.17) is 9.25 Å². The Labute approximate surface area is 205 Å². The molecule has 5 rings (SSSR count). The summed E-state index contributed by atoms with van der Waals surface area (Å²) in [4.78, 5) is 29.7. The maximum absolute atomic E-state index is 13.1. The third-order valence-corrected chi connectivity index (χ3v) is 6.60. The lowest BCUT2D eigenvalue weighted by Gasteiger charge is -2.20. The lowest BCUT2D eigenvalue weighted by molar-refractivity contribution is -0.150. The molecule has 0 radical (unpaired) electrons. The van der Waals surface area contributed by atoms with Gasteiger partial charge in [-0.05, 0) is 71.2 Å². The molecule has 0 spiro atoms. The van der Waals surface area contributed by atoms with Crippen molar-refractivity contribution in [1.82, 2.24) is 5.48 Å². The lowest BCUT2D eigenvalue weighted by atomic mass is 9.95. The first-order valence-electron chi connectivity index (χ1n) is 12.1. The molecule has 0 bridgehead atoms. The molecular weight excluding hydrogens is 438 g/mol. The molecule has 1 aromatic heterocycles. The molecule has 4 aromatic rings. The Morgan fingerprint density at radius 2 is 1.69 bits per heavy atom. The number of nitrogens with one attached hydrogen (secondary N) is 1. The molecular formula is C30H29NO4. The zero-order valence-corrected chi connectivity index (χ0v) is 20.3. The van der Waals surface area contributed by atoms with Crippen LogP contribution in [0.5, 0.6) is 0 Å². The largest absolute Gasteiger partial charge is 0.453 e. The van der Waals surface area contributed by atoms with E-state index in [2.05, 4.69) is 37.5 Å². The highest BCUT2D eigenvalue weighted by Crippen LogP contribution is 2.39. The minimum Gasteiger partial charge on any atom is -0.453 e. The molecule has 0 amide bonds. The molecule has 1 N–H and O–H groups in total. The summed E-state index contributed by atoms with van der Waals surface area (Å²) in [7, 11) is 0. The number of hydrogen-bond acceptors (Lipinski definition) is 5. The number of ketones is 1. The van der Waals surface area contributed by atoms with Gasteiger partial charge in [-0.15, -0.1) is 5.48 Å². The third-order valence-electron chi connectivity index (χ3n) is 6.60. The molecule has 1 unspecified atom stereocenters. The van der Waals surface area contributed by atoms with E-state index < -0.39 is 0 Å². The van der Waals surface area contributed by atoms with E-state index in [0.29, 0.717) is 22.8 Å². The van der Waals surface area contributed by atoms with Crippen molar-refractivity contribution in [2.75, 3.05) is 0 Å². The molecule has 1 aliphatic rings. The number of hydroxylamine groups is 1. The fraction of sp³-hybridized carbons (Fsp3) is 0.267. The van der Waals surface area contributed by atoms with Crippen molar-refractivity contribution in [2.45, 2.75) is 46.1 Å². The highest BCUT2D eigenvalue weighted by atomic mass is 16.7. The number of para-hydroxylation sites is 1. The first-order valence-corrected chi connectivity index (χ1v) is 12.1. The smallest absolute Gasteiger partial charge is 0.321 e. The van der Waals surface area contributed by atoms with Crippen LogP contribution < -0.4 is 5.48 Å². The molecule has 0 saturated heterocycles. The summed E-state index contributed by atoms with van der Waals surface area (Å²) >= 11 is 0. The standard InChI is InChI=1S/C30H29NO4/c1-18(2)8-13-27(31-35-19(3)32)20-9-11-25-23(14-20)16-24-15-22(10-12-26(24)25)30(33)29-17-21-6-4-5-7-28(21)34-29/h4-7,9-12,14-15,17-18,27,31H,8,13,16H2,1-3H3. The van der Waals surface area contributed by atoms with Crippen LogP contribution in [0.15, 0.2) is 71.1 Å². The summed E-state index contributed by atoms with van der Waals surface area (Å²) in [6.45, 7) is 5.77. The van der Waals surface area contributed by atoms with Crippen molar-refractivity contribution in [3.63, 3.8) is 0 Å². The van der Waals surface area contributed by atoms with Crippen molar-refractivity contribution >= 4 is 22.7 Å². The van der Waals surface area contributed by atoms with Crippen LogP contribution in [0.1, 0.15) is 72.5 Å². The van der Waals surface area contributed by atoms with E-state index in [9.17, 15) is 9.59 Å². The van der Waals surface area contributed by atoms with Gasteiger partial charge in [0.05, 0.1) is 6.04 Å². The van der Waals surface area contributed by atoms with Crippen LogP contribution in [0.3, 0.4) is 0 Å². The number of fused-ring (bicyclic) bond motifs is 4. The topological polar surface area (TPSA) is 68.5 Å². The van der Waals surface area contributed by atoms with Crippen molar-refractivity contribution in [2.24, 2.45) is 5.92 Å². The van der Waals surface area contributed by atoms with Gasteiger partial charge in [0.25, 0.3) is 0 Å². The summed E-state index contributed by atoms with van der Waals surface area (Å²) < 4.78 is 5.79. The summed E-state index contributed by atoms with van der Waals surface area (Å²) in [5, 5.41) is 0.923. The van der Waals surface area contributed by atoms with Crippen LogP contribution in [-0.2, 0) is 16.1 Å². The van der Waals surface area contributed by atoms with Gasteiger partial charge in [0.15, 0.2) is 5.76 Å². The number of furan rings is 1. The van der Waals surface area contributed by atoms with E-state index in [-0.39, 0.29) is 17.8 Å². The Kier molecular flexibility index (Phi) is 6.27. The maximum Gasteiger partial charge on any atom is 0.321 e. The number of carbonyl (C=O) groups is 2. The highest BCUT2D eigenvalue weighted by Gasteiger charge is 2.23. The fourth-order valence-electron chi connectivity index (χ4n) is 4.77. The molecule has 0 saturated carbocycles. The number of hydrogen-bond donors (Lipinski definition) is 1. The minimum absolute atomic E-state index is 0.0689. The van der Waals surface area contributed by atoms with Gasteiger partial charge in [0.2, 0.25) is 5.78 Å². The van der Waals surface area contributed by atoms with Gasteiger partial charge in [0, 0.05) is 17.9 Å². The van der Waals surface area contributed by atoms with Gasteiger partial charge in [-0.2, -0.15) is 0 Å². The monoisotopic (exact) mass is 467 g/mol. The van der Waals surface area contributed by atoms with E-state index in [1.54, 1.807) is 6.07 Å². The molecule has 1 heterocycles. The van der Waals surface area contributed by atoms with Gasteiger partial charge in [-0.25, -0.2) is 0 Å². The second-order valence-corrected chi connectivity index (χ2v) is 9.68. The Hall–Kier alpha value is -3.70. The van der Waals surface area contributed by atoms with E-state index in [1.807, 2.05) is 42.5 Å². The predicted octanol–water partition coefficient (Wildman–Crippen LogP) is 6.78. The molecule has 5 nitrogen and oxygen atoms in total. The zero-order valence-electron chi connectivity index (χ0n) is 20.3. The Morgan fingerprint density at radius 1 is 0.943 bits per heavy atom. The highest BCUT2D eigenvalue weighted by molar-refractivity contribution is 6.09. The number of benzene rings is 3. The molecule has 1 aliphatic carbocycles. The van der Waals surface area contributed by atoms with Crippen molar-refractivity contribution in [1.29, 1.82) is 0 Å².